The van der Waals surface area contributed by atoms with Crippen molar-refractivity contribution in [3.8, 4) is 0 Å². The molecule has 3 rings (SSSR count). The summed E-state index contributed by atoms with van der Waals surface area (Å²) in [6, 6.07) is 10.7. The zero-order chi connectivity index (χ0) is 18.7. The van der Waals surface area contributed by atoms with E-state index in [-0.39, 0.29) is 17.3 Å². The molecular weight excluding hydrogens is 363 g/mol. The number of aromatic nitrogens is 3. The van der Waals surface area contributed by atoms with Crippen molar-refractivity contribution in [2.75, 3.05) is 5.32 Å². The number of carbonyl (C=O) groups is 2. The highest BCUT2D eigenvalue weighted by atomic mass is 35.5. The summed E-state index contributed by atoms with van der Waals surface area (Å²) in [6.45, 7) is 1.24. The number of benzene rings is 2. The van der Waals surface area contributed by atoms with Gasteiger partial charge in [-0.1, -0.05) is 28.9 Å². The summed E-state index contributed by atoms with van der Waals surface area (Å²) in [5.74, 6) is -1.75. The number of fused-ring (bicyclic) bond motifs is 1. The van der Waals surface area contributed by atoms with E-state index in [9.17, 15) is 14.0 Å². The van der Waals surface area contributed by atoms with Gasteiger partial charge in [0.2, 0.25) is 0 Å². The second-order valence-electron chi connectivity index (χ2n) is 5.48. The van der Waals surface area contributed by atoms with Crippen molar-refractivity contribution in [3.63, 3.8) is 0 Å². The number of halogens is 2. The maximum Gasteiger partial charge on any atom is 0.328 e. The fraction of sp³-hybridized carbons (Fsp3) is 0.176. The monoisotopic (exact) mass is 376 g/mol. The molecule has 9 heteroatoms. The van der Waals surface area contributed by atoms with Crippen LogP contribution in [0.25, 0.3) is 11.0 Å². The molecule has 0 aliphatic rings. The van der Waals surface area contributed by atoms with E-state index in [1.54, 1.807) is 18.2 Å². The first-order valence-corrected chi connectivity index (χ1v) is 8.05. The molecule has 7 nitrogen and oxygen atoms in total. The molecule has 0 aliphatic heterocycles. The number of para-hydroxylation sites is 1. The van der Waals surface area contributed by atoms with Gasteiger partial charge in [-0.15, -0.1) is 5.10 Å². The quantitative estimate of drug-likeness (QED) is 0.692. The van der Waals surface area contributed by atoms with E-state index in [2.05, 4.69) is 15.6 Å². The van der Waals surface area contributed by atoms with E-state index >= 15 is 0 Å². The number of nitrogens with zero attached hydrogens (tertiary/aromatic N) is 3. The smallest absolute Gasteiger partial charge is 0.328 e. The molecule has 1 atom stereocenters. The molecule has 134 valence electrons. The van der Waals surface area contributed by atoms with E-state index in [0.717, 1.165) is 12.1 Å². The number of anilines is 1. The summed E-state index contributed by atoms with van der Waals surface area (Å²) in [4.78, 5) is 24.2. The normalized spacial score (nSPS) is 12.0. The summed E-state index contributed by atoms with van der Waals surface area (Å²) < 4.78 is 19.5. The SMILES string of the molecule is CC(OC(=O)Cn1nnc2ccccc21)C(=O)Nc1ccc(F)cc1Cl. The molecule has 26 heavy (non-hydrogen) atoms. The van der Waals surface area contributed by atoms with Gasteiger partial charge in [-0.3, -0.25) is 9.59 Å². The van der Waals surface area contributed by atoms with Gasteiger partial charge in [0, 0.05) is 0 Å². The Labute approximate surface area is 152 Å². The molecule has 2 aromatic carbocycles. The van der Waals surface area contributed by atoms with Gasteiger partial charge in [0.1, 0.15) is 17.9 Å². The van der Waals surface area contributed by atoms with Crippen LogP contribution in [-0.4, -0.2) is 33.0 Å². The van der Waals surface area contributed by atoms with Crippen molar-refractivity contribution in [2.24, 2.45) is 0 Å². The van der Waals surface area contributed by atoms with E-state index in [4.69, 9.17) is 16.3 Å². The molecule has 0 saturated carbocycles. The highest BCUT2D eigenvalue weighted by Crippen LogP contribution is 2.22. The number of nitrogens with one attached hydrogen (secondary N) is 1. The second-order valence-corrected chi connectivity index (χ2v) is 5.89. The lowest BCUT2D eigenvalue weighted by molar-refractivity contribution is -0.153. The van der Waals surface area contributed by atoms with Gasteiger partial charge in [-0.25, -0.2) is 9.07 Å². The number of rotatable bonds is 5. The highest BCUT2D eigenvalue weighted by molar-refractivity contribution is 6.33. The van der Waals surface area contributed by atoms with Gasteiger partial charge in [0.25, 0.3) is 5.91 Å². The Morgan fingerprint density at radius 2 is 2.08 bits per heavy atom. The van der Waals surface area contributed by atoms with E-state index in [1.165, 1.54) is 17.7 Å². The molecule has 0 fully saturated rings. The van der Waals surface area contributed by atoms with E-state index < -0.39 is 23.8 Å². The summed E-state index contributed by atoms with van der Waals surface area (Å²) in [5, 5.41) is 10.4. The first kappa shape index (κ1) is 17.8. The number of amides is 1. The van der Waals surface area contributed by atoms with Crippen LogP contribution in [0.5, 0.6) is 0 Å². The molecule has 1 N–H and O–H groups in total. The number of esters is 1. The number of hydrogen-bond donors (Lipinski definition) is 1. The highest BCUT2D eigenvalue weighted by Gasteiger charge is 2.20. The Balaban J connectivity index is 1.60. The summed E-state index contributed by atoms with van der Waals surface area (Å²) >= 11 is 5.85. The zero-order valence-electron chi connectivity index (χ0n) is 13.6. The van der Waals surface area contributed by atoms with Crippen molar-refractivity contribution in [1.82, 2.24) is 15.0 Å². The van der Waals surface area contributed by atoms with Gasteiger partial charge in [-0.05, 0) is 37.3 Å². The second kappa shape index (κ2) is 7.49. The van der Waals surface area contributed by atoms with E-state index in [1.807, 2.05) is 6.07 Å². The molecule has 0 aliphatic carbocycles. The Bertz CT molecular complexity index is 976. The third-order valence-corrected chi connectivity index (χ3v) is 3.88. The van der Waals surface area contributed by atoms with Gasteiger partial charge in [-0.2, -0.15) is 0 Å². The van der Waals surface area contributed by atoms with Crippen LogP contribution in [-0.2, 0) is 20.9 Å². The molecule has 0 spiro atoms. The molecule has 1 heterocycles. The van der Waals surface area contributed by atoms with Crippen molar-refractivity contribution >= 4 is 40.2 Å². The van der Waals surface area contributed by atoms with E-state index in [0.29, 0.717) is 11.0 Å². The third kappa shape index (κ3) is 3.97. The van der Waals surface area contributed by atoms with Gasteiger partial charge in [0.05, 0.1) is 16.2 Å². The first-order valence-electron chi connectivity index (χ1n) is 7.67. The minimum atomic E-state index is -1.07. The standard InChI is InChI=1S/C17H14ClFN4O3/c1-10(17(25)20-13-7-6-11(19)8-12(13)18)26-16(24)9-23-15-5-3-2-4-14(15)21-22-23/h2-8,10H,9H2,1H3,(H,20,25). The van der Waals surface area contributed by atoms with Crippen molar-refractivity contribution in [1.29, 1.82) is 0 Å². The van der Waals surface area contributed by atoms with Gasteiger partial charge in [0.15, 0.2) is 6.10 Å². The lowest BCUT2D eigenvalue weighted by atomic mass is 10.3. The Morgan fingerprint density at radius 3 is 2.85 bits per heavy atom. The first-order chi connectivity index (χ1) is 12.4. The average molecular weight is 377 g/mol. The van der Waals surface area contributed by atoms with Crippen LogP contribution in [0, 0.1) is 5.82 Å². The Kier molecular flexibility index (Phi) is 5.13. The summed E-state index contributed by atoms with van der Waals surface area (Å²) in [5.41, 5.74) is 1.56. The van der Waals surface area contributed by atoms with Gasteiger partial charge >= 0.3 is 5.97 Å². The van der Waals surface area contributed by atoms with Crippen LogP contribution in [0.4, 0.5) is 10.1 Å². The van der Waals surface area contributed by atoms with Crippen molar-refractivity contribution in [3.05, 3.63) is 53.3 Å². The Hall–Kier alpha value is -3.00. The van der Waals surface area contributed by atoms with Crippen LogP contribution in [0.1, 0.15) is 6.92 Å². The summed E-state index contributed by atoms with van der Waals surface area (Å²) in [7, 11) is 0. The molecular formula is C17H14ClFN4O3. The van der Waals surface area contributed by atoms with Crippen molar-refractivity contribution in [2.45, 2.75) is 19.6 Å². The van der Waals surface area contributed by atoms with Crippen molar-refractivity contribution < 1.29 is 18.7 Å². The van der Waals surface area contributed by atoms with Crippen LogP contribution >= 0.6 is 11.6 Å². The average Bonchev–Trinajstić information content (AvgIpc) is 3.00. The van der Waals surface area contributed by atoms with Gasteiger partial charge < -0.3 is 10.1 Å². The fourth-order valence-electron chi connectivity index (χ4n) is 2.27. The maximum atomic E-state index is 13.0. The largest absolute Gasteiger partial charge is 0.451 e. The minimum absolute atomic E-state index is 0.0472. The van der Waals surface area contributed by atoms with Crippen LogP contribution < -0.4 is 5.32 Å². The molecule has 1 amide bonds. The van der Waals surface area contributed by atoms with Crippen LogP contribution in [0.15, 0.2) is 42.5 Å². The number of ether oxygens (including phenoxy) is 1. The molecule has 0 radical (unpaired) electrons. The topological polar surface area (TPSA) is 86.1 Å². The lowest BCUT2D eigenvalue weighted by Crippen LogP contribution is -2.31. The molecule has 0 bridgehead atoms. The Morgan fingerprint density at radius 1 is 1.31 bits per heavy atom. The number of carbonyl (C=O) groups excluding carboxylic acids is 2. The number of hydrogen-bond acceptors (Lipinski definition) is 5. The predicted molar refractivity (Wildman–Crippen MR) is 93.1 cm³/mol. The maximum absolute atomic E-state index is 13.0. The zero-order valence-corrected chi connectivity index (χ0v) is 14.4. The predicted octanol–water partition coefficient (Wildman–Crippen LogP) is 2.79. The van der Waals surface area contributed by atoms with Crippen LogP contribution in [0.3, 0.4) is 0 Å². The molecule has 1 aromatic heterocycles. The molecule has 0 saturated heterocycles. The molecule has 1 unspecified atom stereocenters. The molecule has 3 aromatic rings. The summed E-state index contributed by atoms with van der Waals surface area (Å²) in [6.07, 6.45) is -1.07. The van der Waals surface area contributed by atoms with Crippen LogP contribution in [0.2, 0.25) is 5.02 Å². The lowest BCUT2D eigenvalue weighted by Gasteiger charge is -2.14. The minimum Gasteiger partial charge on any atom is -0.451 e. The fourth-order valence-corrected chi connectivity index (χ4v) is 2.48. The third-order valence-electron chi connectivity index (χ3n) is 3.57.